The SMILES string of the molecule is NC(N)=N/N=C/c1ccc(Cl)c(F)c1Cl.NC(N)=N/N=C/c1ccc(Cl)cc1Cl.NC(N)=N/N=C/c1ccc(F)c(Cl)c1Cl. The summed E-state index contributed by atoms with van der Waals surface area (Å²) in [6, 6.07) is 10.5. The standard InChI is InChI=1S/2C8H7Cl2FN4.C8H8Cl2N4/c9-6-4(3-14-15-8(12)13)1-2-5(11)7(6)10;9-5-2-1-4(6(10)7(5)11)3-14-15-8(12)13;9-6-2-1-5(7(10)3-6)4-13-14-8(11)12/h2*1-3H,(H4,12,13,15);1-4H,(H4,11,12,14)/b2*14-3+;13-4+. The van der Waals surface area contributed by atoms with Crippen molar-refractivity contribution in [3.8, 4) is 0 Å². The van der Waals surface area contributed by atoms with Gasteiger partial charge in [-0.25, -0.2) is 8.78 Å². The second-order valence-electron chi connectivity index (χ2n) is 7.50. The average molecular weight is 729 g/mol. The van der Waals surface area contributed by atoms with Crippen molar-refractivity contribution in [3.63, 3.8) is 0 Å². The van der Waals surface area contributed by atoms with Crippen LogP contribution in [-0.2, 0) is 0 Å². The molecule has 0 fully saturated rings. The number of hydrogen-bond acceptors (Lipinski definition) is 6. The highest BCUT2D eigenvalue weighted by Gasteiger charge is 2.09. The lowest BCUT2D eigenvalue weighted by Crippen LogP contribution is -2.21. The van der Waals surface area contributed by atoms with E-state index in [0.717, 1.165) is 0 Å². The van der Waals surface area contributed by atoms with Gasteiger partial charge in [0.1, 0.15) is 5.82 Å². The third kappa shape index (κ3) is 14.0. The van der Waals surface area contributed by atoms with Gasteiger partial charge in [-0.3, -0.25) is 0 Å². The number of halogens is 8. The van der Waals surface area contributed by atoms with Crippen LogP contribution >= 0.6 is 69.6 Å². The van der Waals surface area contributed by atoms with Crippen molar-refractivity contribution < 1.29 is 8.78 Å². The minimum Gasteiger partial charge on any atom is -0.369 e. The normalized spacial score (nSPS) is 10.5. The lowest BCUT2D eigenvalue weighted by atomic mass is 10.2. The molecule has 0 aliphatic heterocycles. The van der Waals surface area contributed by atoms with Gasteiger partial charge in [-0.2, -0.15) is 15.3 Å². The molecule has 0 unspecified atom stereocenters. The fourth-order valence-corrected chi connectivity index (χ4v) is 3.61. The van der Waals surface area contributed by atoms with Crippen molar-refractivity contribution in [1.29, 1.82) is 0 Å². The van der Waals surface area contributed by atoms with Crippen LogP contribution < -0.4 is 34.4 Å². The molecule has 12 nitrogen and oxygen atoms in total. The van der Waals surface area contributed by atoms with Gasteiger partial charge in [0.2, 0.25) is 17.9 Å². The zero-order valence-electron chi connectivity index (χ0n) is 21.9. The first kappa shape index (κ1) is 38.1. The van der Waals surface area contributed by atoms with E-state index in [1.54, 1.807) is 18.2 Å². The molecule has 0 saturated heterocycles. The predicted molar refractivity (Wildman–Crippen MR) is 180 cm³/mol. The first-order valence-corrected chi connectivity index (χ1v) is 13.5. The van der Waals surface area contributed by atoms with Crippen LogP contribution in [0.3, 0.4) is 0 Å². The van der Waals surface area contributed by atoms with Crippen LogP contribution in [0.25, 0.3) is 0 Å². The highest BCUT2D eigenvalue weighted by molar-refractivity contribution is 6.43. The van der Waals surface area contributed by atoms with Crippen LogP contribution in [0, 0.1) is 11.6 Å². The fourth-order valence-electron chi connectivity index (χ4n) is 2.36. The van der Waals surface area contributed by atoms with Gasteiger partial charge in [-0.05, 0) is 30.3 Å². The van der Waals surface area contributed by atoms with Crippen LogP contribution in [-0.4, -0.2) is 36.5 Å². The second kappa shape index (κ2) is 19.4. The third-order valence-corrected chi connectivity index (χ3v) is 6.31. The van der Waals surface area contributed by atoms with Crippen LogP contribution in [0.5, 0.6) is 0 Å². The molecule has 0 saturated carbocycles. The molecule has 0 aromatic heterocycles. The first-order valence-electron chi connectivity index (χ1n) is 11.2. The Bertz CT molecular complexity index is 1530. The quantitative estimate of drug-likeness (QED) is 0.0876. The maximum absolute atomic E-state index is 13.2. The van der Waals surface area contributed by atoms with E-state index < -0.39 is 11.6 Å². The van der Waals surface area contributed by atoms with E-state index >= 15 is 0 Å². The molecular formula is C24H22Cl6F2N12. The number of benzene rings is 3. The van der Waals surface area contributed by atoms with Gasteiger partial charge < -0.3 is 34.4 Å². The van der Waals surface area contributed by atoms with E-state index in [9.17, 15) is 8.78 Å². The molecule has 44 heavy (non-hydrogen) atoms. The Labute approximate surface area is 279 Å². The van der Waals surface area contributed by atoms with Crippen LogP contribution in [0.1, 0.15) is 16.7 Å². The number of nitrogens with zero attached hydrogens (tertiary/aromatic N) is 6. The molecule has 0 aliphatic rings. The Morgan fingerprint density at radius 1 is 0.523 bits per heavy atom. The highest BCUT2D eigenvalue weighted by Crippen LogP contribution is 2.27. The number of rotatable bonds is 6. The van der Waals surface area contributed by atoms with E-state index in [2.05, 4.69) is 30.6 Å². The molecule has 0 amide bonds. The molecule has 0 aliphatic carbocycles. The topological polar surface area (TPSA) is 230 Å². The molecule has 3 rings (SSSR count). The molecule has 12 N–H and O–H groups in total. The lowest BCUT2D eigenvalue weighted by molar-refractivity contribution is 0.628. The summed E-state index contributed by atoms with van der Waals surface area (Å²) < 4.78 is 26.0. The Morgan fingerprint density at radius 2 is 0.955 bits per heavy atom. The number of guanidine groups is 3. The monoisotopic (exact) mass is 726 g/mol. The summed E-state index contributed by atoms with van der Waals surface area (Å²) in [6.45, 7) is 0. The molecule has 0 bridgehead atoms. The van der Waals surface area contributed by atoms with E-state index in [1.165, 1.54) is 42.9 Å². The van der Waals surface area contributed by atoms with Gasteiger partial charge in [-0.1, -0.05) is 81.7 Å². The second-order valence-corrected chi connectivity index (χ2v) is 9.89. The van der Waals surface area contributed by atoms with Gasteiger partial charge in [0, 0.05) is 21.7 Å². The summed E-state index contributed by atoms with van der Waals surface area (Å²) in [5.41, 5.74) is 31.8. The van der Waals surface area contributed by atoms with Crippen molar-refractivity contribution >= 4 is 106 Å². The lowest BCUT2D eigenvalue weighted by Gasteiger charge is -2.00. The van der Waals surface area contributed by atoms with Crippen molar-refractivity contribution in [3.05, 3.63) is 101 Å². The van der Waals surface area contributed by atoms with Crippen LogP contribution in [0.2, 0.25) is 30.1 Å². The van der Waals surface area contributed by atoms with Gasteiger partial charge in [0.15, 0.2) is 5.82 Å². The van der Waals surface area contributed by atoms with E-state index in [4.69, 9.17) is 104 Å². The fraction of sp³-hybridized carbons (Fsp3) is 0. The Kier molecular flexibility index (Phi) is 16.8. The first-order chi connectivity index (χ1) is 20.6. The molecule has 0 atom stereocenters. The molecule has 234 valence electrons. The highest BCUT2D eigenvalue weighted by atomic mass is 35.5. The molecular weight excluding hydrogens is 707 g/mol. The summed E-state index contributed by atoms with van der Waals surface area (Å²) in [5, 5.41) is 21.5. The van der Waals surface area contributed by atoms with Crippen molar-refractivity contribution in [2.75, 3.05) is 0 Å². The Morgan fingerprint density at radius 3 is 1.43 bits per heavy atom. The average Bonchev–Trinajstić information content (AvgIpc) is 2.94. The summed E-state index contributed by atoms with van der Waals surface area (Å²) in [7, 11) is 0. The maximum Gasteiger partial charge on any atom is 0.211 e. The Hall–Kier alpha value is -3.92. The van der Waals surface area contributed by atoms with E-state index in [0.29, 0.717) is 26.7 Å². The largest absolute Gasteiger partial charge is 0.369 e. The molecule has 3 aromatic carbocycles. The van der Waals surface area contributed by atoms with Crippen LogP contribution in [0.4, 0.5) is 8.78 Å². The summed E-state index contributed by atoms with van der Waals surface area (Å²) >= 11 is 34.0. The molecule has 20 heteroatoms. The minimum atomic E-state index is -0.702. The van der Waals surface area contributed by atoms with Crippen LogP contribution in [0.15, 0.2) is 73.1 Å². The van der Waals surface area contributed by atoms with Gasteiger partial charge in [0.05, 0.1) is 43.8 Å². The van der Waals surface area contributed by atoms with Gasteiger partial charge in [0.25, 0.3) is 0 Å². The molecule has 0 radical (unpaired) electrons. The Balaban J connectivity index is 0.000000330. The predicted octanol–water partition coefficient (Wildman–Crippen LogP) is 5.08. The van der Waals surface area contributed by atoms with Gasteiger partial charge >= 0.3 is 0 Å². The van der Waals surface area contributed by atoms with E-state index in [1.807, 2.05) is 0 Å². The van der Waals surface area contributed by atoms with Gasteiger partial charge in [-0.15, -0.1) is 15.3 Å². The summed E-state index contributed by atoms with van der Waals surface area (Å²) in [5.74, 6) is -1.79. The third-order valence-electron chi connectivity index (χ3n) is 4.20. The zero-order valence-corrected chi connectivity index (χ0v) is 26.5. The summed E-state index contributed by atoms with van der Waals surface area (Å²) in [6.07, 6.45) is 3.94. The number of hydrogen-bond donors (Lipinski definition) is 6. The van der Waals surface area contributed by atoms with E-state index in [-0.39, 0.29) is 38.0 Å². The molecule has 0 spiro atoms. The number of nitrogens with two attached hydrogens (primary N) is 6. The smallest absolute Gasteiger partial charge is 0.211 e. The maximum atomic E-state index is 13.2. The van der Waals surface area contributed by atoms with Crippen molar-refractivity contribution in [1.82, 2.24) is 0 Å². The zero-order chi connectivity index (χ0) is 33.4. The van der Waals surface area contributed by atoms with Crippen molar-refractivity contribution in [2.45, 2.75) is 0 Å². The van der Waals surface area contributed by atoms with Crippen molar-refractivity contribution in [2.24, 2.45) is 65.0 Å². The molecule has 0 heterocycles. The summed E-state index contributed by atoms with van der Waals surface area (Å²) in [4.78, 5) is 0. The molecule has 3 aromatic rings. The minimum absolute atomic E-state index is 0.0565.